The lowest BCUT2D eigenvalue weighted by atomic mass is 10.1. The summed E-state index contributed by atoms with van der Waals surface area (Å²) in [6, 6.07) is 7.31. The lowest BCUT2D eigenvalue weighted by molar-refractivity contribution is -0.176. The van der Waals surface area contributed by atoms with Crippen LogP contribution in [0.25, 0.3) is 0 Å². The standard InChI is InChI=1S/C13H14F3NO4/c14-13(15,16)8-21-7-11(18)17-10(12(19)20)6-9-4-2-1-3-5-9/h1-5,10H,6-8H2,(H,17,18)(H,19,20)/t10-/m1/s1. The molecule has 0 unspecified atom stereocenters. The monoisotopic (exact) mass is 305 g/mol. The molecule has 21 heavy (non-hydrogen) atoms. The predicted octanol–water partition coefficient (Wildman–Crippen LogP) is 1.38. The number of nitrogens with one attached hydrogen (secondary N) is 1. The minimum Gasteiger partial charge on any atom is -0.480 e. The molecular weight excluding hydrogens is 291 g/mol. The Kier molecular flexibility index (Phi) is 6.16. The first-order valence-electron chi connectivity index (χ1n) is 5.98. The second-order valence-electron chi connectivity index (χ2n) is 4.26. The molecule has 0 bridgehead atoms. The topological polar surface area (TPSA) is 75.6 Å². The van der Waals surface area contributed by atoms with Crippen LogP contribution in [0.3, 0.4) is 0 Å². The zero-order chi connectivity index (χ0) is 15.9. The van der Waals surface area contributed by atoms with Gasteiger partial charge in [0.2, 0.25) is 5.91 Å². The molecule has 0 aliphatic carbocycles. The first-order chi connectivity index (χ1) is 9.78. The summed E-state index contributed by atoms with van der Waals surface area (Å²) >= 11 is 0. The predicted molar refractivity (Wildman–Crippen MR) is 66.6 cm³/mol. The number of halogens is 3. The van der Waals surface area contributed by atoms with Crippen LogP contribution in [-0.2, 0) is 20.7 Å². The van der Waals surface area contributed by atoms with Crippen LogP contribution < -0.4 is 5.32 Å². The van der Waals surface area contributed by atoms with Crippen LogP contribution in [0.1, 0.15) is 5.56 Å². The highest BCUT2D eigenvalue weighted by atomic mass is 19.4. The molecule has 116 valence electrons. The maximum absolute atomic E-state index is 11.8. The molecule has 0 saturated heterocycles. The van der Waals surface area contributed by atoms with E-state index in [-0.39, 0.29) is 6.42 Å². The van der Waals surface area contributed by atoms with Crippen molar-refractivity contribution in [2.75, 3.05) is 13.2 Å². The highest BCUT2D eigenvalue weighted by molar-refractivity contribution is 5.84. The third-order valence-electron chi connectivity index (χ3n) is 2.41. The summed E-state index contributed by atoms with van der Waals surface area (Å²) in [6.07, 6.45) is -4.50. The fourth-order valence-corrected chi connectivity index (χ4v) is 1.55. The number of hydrogen-bond donors (Lipinski definition) is 2. The Balaban J connectivity index is 2.47. The molecular formula is C13H14F3NO4. The van der Waals surface area contributed by atoms with Crippen LogP contribution in [0.5, 0.6) is 0 Å². The zero-order valence-corrected chi connectivity index (χ0v) is 10.9. The molecule has 1 amide bonds. The van der Waals surface area contributed by atoms with Gasteiger partial charge >= 0.3 is 12.1 Å². The van der Waals surface area contributed by atoms with Crippen LogP contribution in [0.15, 0.2) is 30.3 Å². The van der Waals surface area contributed by atoms with Gasteiger partial charge in [-0.3, -0.25) is 4.79 Å². The van der Waals surface area contributed by atoms with Gasteiger partial charge in [0, 0.05) is 6.42 Å². The van der Waals surface area contributed by atoms with E-state index >= 15 is 0 Å². The molecule has 8 heteroatoms. The smallest absolute Gasteiger partial charge is 0.411 e. The van der Waals surface area contributed by atoms with E-state index in [0.717, 1.165) is 0 Å². The number of carbonyl (C=O) groups is 2. The Bertz CT molecular complexity index is 476. The van der Waals surface area contributed by atoms with Crippen molar-refractivity contribution < 1.29 is 32.6 Å². The van der Waals surface area contributed by atoms with Gasteiger partial charge in [-0.15, -0.1) is 0 Å². The molecule has 0 saturated carbocycles. The third-order valence-corrected chi connectivity index (χ3v) is 2.41. The lowest BCUT2D eigenvalue weighted by Gasteiger charge is -2.15. The Morgan fingerprint density at radius 2 is 1.86 bits per heavy atom. The number of carboxylic acids is 1. The largest absolute Gasteiger partial charge is 0.480 e. The van der Waals surface area contributed by atoms with Gasteiger partial charge in [0.1, 0.15) is 19.3 Å². The number of amides is 1. The van der Waals surface area contributed by atoms with E-state index < -0.39 is 37.3 Å². The number of hydrogen-bond acceptors (Lipinski definition) is 3. The van der Waals surface area contributed by atoms with Gasteiger partial charge in [0.15, 0.2) is 0 Å². The second kappa shape index (κ2) is 7.63. The van der Waals surface area contributed by atoms with Gasteiger partial charge in [-0.2, -0.15) is 13.2 Å². The molecule has 1 atom stereocenters. The van der Waals surface area contributed by atoms with Crippen LogP contribution in [0.4, 0.5) is 13.2 Å². The molecule has 1 aromatic carbocycles. The summed E-state index contributed by atoms with van der Waals surface area (Å²) in [5, 5.41) is 11.1. The van der Waals surface area contributed by atoms with Crippen molar-refractivity contribution >= 4 is 11.9 Å². The number of benzene rings is 1. The fraction of sp³-hybridized carbons (Fsp3) is 0.385. The summed E-state index contributed by atoms with van der Waals surface area (Å²) in [5.74, 6) is -2.19. The second-order valence-corrected chi connectivity index (χ2v) is 4.26. The number of alkyl halides is 3. The fourth-order valence-electron chi connectivity index (χ4n) is 1.55. The summed E-state index contributed by atoms with van der Waals surface area (Å²) < 4.78 is 39.7. The van der Waals surface area contributed by atoms with E-state index in [2.05, 4.69) is 10.1 Å². The minimum absolute atomic E-state index is 0.0290. The molecule has 0 aliphatic rings. The molecule has 1 aromatic rings. The van der Waals surface area contributed by atoms with Gasteiger partial charge in [-0.1, -0.05) is 30.3 Å². The van der Waals surface area contributed by atoms with Crippen molar-refractivity contribution in [2.24, 2.45) is 0 Å². The van der Waals surface area contributed by atoms with Crippen molar-refractivity contribution in [1.29, 1.82) is 0 Å². The molecule has 5 nitrogen and oxygen atoms in total. The van der Waals surface area contributed by atoms with Crippen molar-refractivity contribution in [3.63, 3.8) is 0 Å². The molecule has 0 aromatic heterocycles. The van der Waals surface area contributed by atoms with E-state index in [1.54, 1.807) is 30.3 Å². The Labute approximate surface area is 118 Å². The number of rotatable bonds is 7. The Morgan fingerprint density at radius 3 is 2.38 bits per heavy atom. The Morgan fingerprint density at radius 1 is 1.24 bits per heavy atom. The highest BCUT2D eigenvalue weighted by Gasteiger charge is 2.28. The van der Waals surface area contributed by atoms with Crippen molar-refractivity contribution in [3.05, 3.63) is 35.9 Å². The normalized spacial score (nSPS) is 12.7. The summed E-state index contributed by atoms with van der Waals surface area (Å²) in [5.41, 5.74) is 0.682. The first-order valence-corrected chi connectivity index (χ1v) is 5.98. The van der Waals surface area contributed by atoms with Gasteiger partial charge < -0.3 is 15.2 Å². The van der Waals surface area contributed by atoms with Crippen LogP contribution in [0, 0.1) is 0 Å². The lowest BCUT2D eigenvalue weighted by Crippen LogP contribution is -2.44. The van der Waals surface area contributed by atoms with Crippen LogP contribution >= 0.6 is 0 Å². The number of carboxylic acid groups (broad SMARTS) is 1. The van der Waals surface area contributed by atoms with Crippen molar-refractivity contribution in [1.82, 2.24) is 5.32 Å². The van der Waals surface area contributed by atoms with E-state index in [1.165, 1.54) is 0 Å². The van der Waals surface area contributed by atoms with E-state index in [4.69, 9.17) is 5.11 Å². The average Bonchev–Trinajstić information content (AvgIpc) is 2.37. The maximum Gasteiger partial charge on any atom is 0.411 e. The minimum atomic E-state index is -4.53. The molecule has 0 fully saturated rings. The molecule has 0 aliphatic heterocycles. The van der Waals surface area contributed by atoms with Crippen molar-refractivity contribution in [3.8, 4) is 0 Å². The van der Waals surface area contributed by atoms with Crippen molar-refractivity contribution in [2.45, 2.75) is 18.6 Å². The zero-order valence-electron chi connectivity index (χ0n) is 10.9. The molecule has 0 radical (unpaired) electrons. The molecule has 0 spiro atoms. The Hall–Kier alpha value is -2.09. The van der Waals surface area contributed by atoms with E-state index in [0.29, 0.717) is 5.56 Å². The van der Waals surface area contributed by atoms with Gasteiger partial charge in [0.25, 0.3) is 0 Å². The highest BCUT2D eigenvalue weighted by Crippen LogP contribution is 2.14. The molecule has 1 rings (SSSR count). The maximum atomic E-state index is 11.8. The summed E-state index contributed by atoms with van der Waals surface area (Å²) in [6.45, 7) is -2.41. The van der Waals surface area contributed by atoms with E-state index in [1.807, 2.05) is 0 Å². The molecule has 2 N–H and O–H groups in total. The quantitative estimate of drug-likeness (QED) is 0.798. The number of carbonyl (C=O) groups excluding carboxylic acids is 1. The number of ether oxygens (including phenoxy) is 1. The summed E-state index contributed by atoms with van der Waals surface area (Å²) in [4.78, 5) is 22.4. The SMILES string of the molecule is O=C(COCC(F)(F)F)N[C@H](Cc1ccccc1)C(=O)O. The van der Waals surface area contributed by atoms with Crippen LogP contribution in [0.2, 0.25) is 0 Å². The summed E-state index contributed by atoms with van der Waals surface area (Å²) in [7, 11) is 0. The molecule has 0 heterocycles. The number of aliphatic carboxylic acids is 1. The van der Waals surface area contributed by atoms with E-state index in [9.17, 15) is 22.8 Å². The first kappa shape index (κ1) is 17.0. The van der Waals surface area contributed by atoms with Gasteiger partial charge in [-0.25, -0.2) is 4.79 Å². The third kappa shape index (κ3) is 7.31. The van der Waals surface area contributed by atoms with Crippen LogP contribution in [-0.4, -0.2) is 42.4 Å². The van der Waals surface area contributed by atoms with Gasteiger partial charge in [0.05, 0.1) is 0 Å². The van der Waals surface area contributed by atoms with Gasteiger partial charge in [-0.05, 0) is 5.56 Å². The average molecular weight is 305 g/mol.